The second-order valence-electron chi connectivity index (χ2n) is 7.36. The van der Waals surface area contributed by atoms with Crippen molar-refractivity contribution < 1.29 is 8.42 Å². The van der Waals surface area contributed by atoms with Crippen molar-refractivity contribution in [2.75, 3.05) is 25.9 Å². The average molecular weight is 350 g/mol. The molecule has 24 heavy (non-hydrogen) atoms. The van der Waals surface area contributed by atoms with E-state index in [4.69, 9.17) is 0 Å². The van der Waals surface area contributed by atoms with Crippen LogP contribution in [0.25, 0.3) is 0 Å². The molecule has 0 spiro atoms. The number of aliphatic imine (C=N–C) groups is 1. The standard InChI is InChI=1S/C18H27N3O2S/c1-18(2)13-21(9-10-24(18,22)23)17(19-3)20-12-14-7-8-15-5-4-6-16(15)11-14/h7-8,11H,4-6,9-10,12-13H2,1-3H3,(H,19,20). The number of benzene rings is 1. The van der Waals surface area contributed by atoms with Crippen LogP contribution in [0.1, 0.15) is 37.0 Å². The Morgan fingerprint density at radius 3 is 2.75 bits per heavy atom. The fraction of sp³-hybridized carbons (Fsp3) is 0.611. The van der Waals surface area contributed by atoms with Gasteiger partial charge < -0.3 is 10.2 Å². The lowest BCUT2D eigenvalue weighted by atomic mass is 10.1. The highest BCUT2D eigenvalue weighted by molar-refractivity contribution is 7.92. The summed E-state index contributed by atoms with van der Waals surface area (Å²) in [6, 6.07) is 6.70. The Hall–Kier alpha value is -1.56. The molecule has 1 aromatic rings. The molecule has 0 saturated carbocycles. The van der Waals surface area contributed by atoms with Crippen LogP contribution in [0.4, 0.5) is 0 Å². The van der Waals surface area contributed by atoms with Gasteiger partial charge in [0.15, 0.2) is 15.8 Å². The Balaban J connectivity index is 1.66. The predicted octanol–water partition coefficient (Wildman–Crippen LogP) is 1.76. The van der Waals surface area contributed by atoms with Crippen molar-refractivity contribution in [1.29, 1.82) is 0 Å². The van der Waals surface area contributed by atoms with Crippen LogP contribution < -0.4 is 5.32 Å². The van der Waals surface area contributed by atoms with E-state index in [-0.39, 0.29) is 5.75 Å². The normalized spacial score (nSPS) is 22.3. The lowest BCUT2D eigenvalue weighted by Crippen LogP contribution is -2.57. The van der Waals surface area contributed by atoms with Gasteiger partial charge in [0.05, 0.1) is 10.5 Å². The molecule has 1 fully saturated rings. The van der Waals surface area contributed by atoms with Gasteiger partial charge >= 0.3 is 0 Å². The second-order valence-corrected chi connectivity index (χ2v) is 10.1. The number of aryl methyl sites for hydroxylation is 2. The number of rotatable bonds is 2. The highest BCUT2D eigenvalue weighted by Crippen LogP contribution is 2.24. The molecule has 0 amide bonds. The molecule has 1 aromatic carbocycles. The van der Waals surface area contributed by atoms with Gasteiger partial charge in [0, 0.05) is 26.7 Å². The molecule has 0 bridgehead atoms. The van der Waals surface area contributed by atoms with Crippen LogP contribution in [0.5, 0.6) is 0 Å². The Kier molecular flexibility index (Phi) is 4.60. The second kappa shape index (κ2) is 6.39. The third kappa shape index (κ3) is 3.29. The molecule has 0 unspecified atom stereocenters. The molecule has 1 heterocycles. The summed E-state index contributed by atoms with van der Waals surface area (Å²) < 4.78 is 23.6. The van der Waals surface area contributed by atoms with Crippen LogP contribution in [0.3, 0.4) is 0 Å². The molecular weight excluding hydrogens is 322 g/mol. The molecule has 2 aliphatic rings. The summed E-state index contributed by atoms with van der Waals surface area (Å²) in [5.41, 5.74) is 4.20. The maximum Gasteiger partial charge on any atom is 0.193 e. The first-order chi connectivity index (χ1) is 11.3. The van der Waals surface area contributed by atoms with E-state index in [2.05, 4.69) is 33.4 Å². The van der Waals surface area contributed by atoms with Gasteiger partial charge in [-0.2, -0.15) is 0 Å². The third-order valence-electron chi connectivity index (χ3n) is 5.17. The molecule has 1 aliphatic heterocycles. The van der Waals surface area contributed by atoms with E-state index >= 15 is 0 Å². The zero-order valence-electron chi connectivity index (χ0n) is 14.8. The van der Waals surface area contributed by atoms with Gasteiger partial charge in [-0.3, -0.25) is 4.99 Å². The first-order valence-corrected chi connectivity index (χ1v) is 10.3. The molecule has 1 saturated heterocycles. The van der Waals surface area contributed by atoms with Crippen molar-refractivity contribution >= 4 is 15.8 Å². The highest BCUT2D eigenvalue weighted by Gasteiger charge is 2.40. The van der Waals surface area contributed by atoms with Crippen molar-refractivity contribution in [3.05, 3.63) is 34.9 Å². The molecule has 1 N–H and O–H groups in total. The highest BCUT2D eigenvalue weighted by atomic mass is 32.2. The molecule has 132 valence electrons. The van der Waals surface area contributed by atoms with Crippen molar-refractivity contribution in [3.8, 4) is 0 Å². The van der Waals surface area contributed by atoms with Gasteiger partial charge in [-0.1, -0.05) is 18.2 Å². The van der Waals surface area contributed by atoms with Crippen LogP contribution in [0, 0.1) is 0 Å². The van der Waals surface area contributed by atoms with E-state index in [9.17, 15) is 8.42 Å². The maximum atomic E-state index is 12.2. The summed E-state index contributed by atoms with van der Waals surface area (Å²) in [6.45, 7) is 5.27. The summed E-state index contributed by atoms with van der Waals surface area (Å²) in [5, 5.41) is 3.39. The molecule has 0 radical (unpaired) electrons. The summed E-state index contributed by atoms with van der Waals surface area (Å²) in [6.07, 6.45) is 3.63. The van der Waals surface area contributed by atoms with Crippen LogP contribution in [-0.4, -0.2) is 49.9 Å². The van der Waals surface area contributed by atoms with Gasteiger partial charge in [-0.25, -0.2) is 8.42 Å². The fourth-order valence-electron chi connectivity index (χ4n) is 3.57. The quantitative estimate of drug-likeness (QED) is 0.653. The molecular formula is C18H27N3O2S. The zero-order chi connectivity index (χ0) is 17.4. The first kappa shape index (κ1) is 17.3. The minimum Gasteiger partial charge on any atom is -0.352 e. The van der Waals surface area contributed by atoms with Crippen LogP contribution in [0.15, 0.2) is 23.2 Å². The van der Waals surface area contributed by atoms with Crippen molar-refractivity contribution in [2.45, 2.75) is 44.4 Å². The molecule has 3 rings (SSSR count). The van der Waals surface area contributed by atoms with E-state index < -0.39 is 14.6 Å². The fourth-order valence-corrected chi connectivity index (χ4v) is 4.94. The first-order valence-electron chi connectivity index (χ1n) is 8.61. The minimum atomic E-state index is -3.03. The predicted molar refractivity (Wildman–Crippen MR) is 98.1 cm³/mol. The molecule has 0 aromatic heterocycles. The Bertz CT molecular complexity index is 754. The molecule has 1 aliphatic carbocycles. The third-order valence-corrected chi connectivity index (χ3v) is 7.70. The lowest BCUT2D eigenvalue weighted by Gasteiger charge is -2.39. The topological polar surface area (TPSA) is 61.8 Å². The number of nitrogens with one attached hydrogen (secondary N) is 1. The van der Waals surface area contributed by atoms with E-state index in [1.54, 1.807) is 20.9 Å². The number of hydrogen-bond acceptors (Lipinski definition) is 3. The average Bonchev–Trinajstić information content (AvgIpc) is 2.99. The Morgan fingerprint density at radius 1 is 1.29 bits per heavy atom. The van der Waals surface area contributed by atoms with Gasteiger partial charge in [-0.15, -0.1) is 0 Å². The number of guanidine groups is 1. The summed E-state index contributed by atoms with van der Waals surface area (Å²) in [7, 11) is -1.28. The van der Waals surface area contributed by atoms with Crippen LogP contribution in [0.2, 0.25) is 0 Å². The zero-order valence-corrected chi connectivity index (χ0v) is 15.6. The van der Waals surface area contributed by atoms with Gasteiger partial charge in [0.25, 0.3) is 0 Å². The monoisotopic (exact) mass is 349 g/mol. The summed E-state index contributed by atoms with van der Waals surface area (Å²) in [5.74, 6) is 0.956. The van der Waals surface area contributed by atoms with E-state index in [1.807, 2.05) is 0 Å². The van der Waals surface area contributed by atoms with Crippen LogP contribution in [-0.2, 0) is 29.2 Å². The van der Waals surface area contributed by atoms with Crippen molar-refractivity contribution in [1.82, 2.24) is 10.2 Å². The largest absolute Gasteiger partial charge is 0.352 e. The van der Waals surface area contributed by atoms with E-state index in [0.717, 1.165) is 5.96 Å². The van der Waals surface area contributed by atoms with E-state index in [1.165, 1.54) is 36.0 Å². The summed E-state index contributed by atoms with van der Waals surface area (Å²) >= 11 is 0. The molecule has 0 atom stereocenters. The van der Waals surface area contributed by atoms with Gasteiger partial charge in [0.2, 0.25) is 0 Å². The number of fused-ring (bicyclic) bond motifs is 1. The SMILES string of the molecule is CN=C(NCc1ccc2c(c1)CCC2)N1CCS(=O)(=O)C(C)(C)C1. The Morgan fingerprint density at radius 2 is 2.04 bits per heavy atom. The van der Waals surface area contributed by atoms with Gasteiger partial charge in [0.1, 0.15) is 0 Å². The molecule has 6 heteroatoms. The summed E-state index contributed by atoms with van der Waals surface area (Å²) in [4.78, 5) is 6.40. The van der Waals surface area contributed by atoms with Crippen molar-refractivity contribution in [3.63, 3.8) is 0 Å². The van der Waals surface area contributed by atoms with Gasteiger partial charge in [-0.05, 0) is 49.8 Å². The molecule has 5 nitrogen and oxygen atoms in total. The maximum absolute atomic E-state index is 12.2. The number of hydrogen-bond donors (Lipinski definition) is 1. The number of nitrogens with zero attached hydrogens (tertiary/aromatic N) is 2. The smallest absolute Gasteiger partial charge is 0.193 e. The van der Waals surface area contributed by atoms with E-state index in [0.29, 0.717) is 19.6 Å². The van der Waals surface area contributed by atoms with Crippen molar-refractivity contribution in [2.24, 2.45) is 4.99 Å². The minimum absolute atomic E-state index is 0.180. The Labute approximate surface area is 145 Å². The van der Waals surface area contributed by atoms with Crippen LogP contribution >= 0.6 is 0 Å². The number of sulfone groups is 1. The lowest BCUT2D eigenvalue weighted by molar-refractivity contribution is 0.353.